The number of hydrogen-bond donors (Lipinski definition) is 6. The molecule has 0 aromatic heterocycles. The van der Waals surface area contributed by atoms with Gasteiger partial charge in [-0.2, -0.15) is 12.6 Å². The number of nitrogens with one attached hydrogen (secondary N) is 3. The number of aliphatic carboxylic acids is 1. The van der Waals surface area contributed by atoms with Crippen LogP contribution in [0.25, 0.3) is 0 Å². The van der Waals surface area contributed by atoms with E-state index in [0.717, 1.165) is 5.56 Å². The number of nitrogens with two attached hydrogens (primary N) is 1. The Morgan fingerprint density at radius 2 is 1.53 bits per heavy atom. The molecule has 0 spiro atoms. The predicted molar refractivity (Wildman–Crippen MR) is 134 cm³/mol. The molecule has 1 aromatic carbocycles. The van der Waals surface area contributed by atoms with Gasteiger partial charge in [0, 0.05) is 12.2 Å². The number of thiol groups is 1. The fourth-order valence-electron chi connectivity index (χ4n) is 3.36. The molecule has 10 heteroatoms. The van der Waals surface area contributed by atoms with Crippen LogP contribution in [0.5, 0.6) is 0 Å². The third-order valence-corrected chi connectivity index (χ3v) is 5.93. The van der Waals surface area contributed by atoms with E-state index in [0.29, 0.717) is 12.8 Å². The molecule has 0 saturated carbocycles. The summed E-state index contributed by atoms with van der Waals surface area (Å²) in [4.78, 5) is 50.1. The van der Waals surface area contributed by atoms with Crippen molar-refractivity contribution in [2.45, 2.75) is 71.1 Å². The van der Waals surface area contributed by atoms with E-state index >= 15 is 0 Å². The van der Waals surface area contributed by atoms with Gasteiger partial charge in [-0.3, -0.25) is 14.4 Å². The van der Waals surface area contributed by atoms with Gasteiger partial charge in [-0.1, -0.05) is 64.4 Å². The third-order valence-electron chi connectivity index (χ3n) is 5.57. The first-order valence-electron chi connectivity index (χ1n) is 11.5. The van der Waals surface area contributed by atoms with Gasteiger partial charge in [-0.15, -0.1) is 0 Å². The van der Waals surface area contributed by atoms with E-state index in [1.54, 1.807) is 6.92 Å². The topological polar surface area (TPSA) is 151 Å². The highest BCUT2D eigenvalue weighted by molar-refractivity contribution is 7.80. The Morgan fingerprint density at radius 1 is 0.941 bits per heavy atom. The molecule has 0 aliphatic rings. The summed E-state index contributed by atoms with van der Waals surface area (Å²) >= 11 is 3.97. The van der Waals surface area contributed by atoms with E-state index in [1.165, 1.54) is 0 Å². The Balaban J connectivity index is 3.10. The molecule has 5 atom stereocenters. The summed E-state index contributed by atoms with van der Waals surface area (Å²) in [6.07, 6.45) is 1.23. The van der Waals surface area contributed by atoms with Crippen LogP contribution in [0.2, 0.25) is 0 Å². The summed E-state index contributed by atoms with van der Waals surface area (Å²) in [5.41, 5.74) is 6.83. The number of carbonyl (C=O) groups excluding carboxylic acids is 3. The lowest BCUT2D eigenvalue weighted by molar-refractivity contribution is -0.142. The van der Waals surface area contributed by atoms with E-state index in [2.05, 4.69) is 28.6 Å². The Morgan fingerprint density at radius 3 is 2.03 bits per heavy atom. The number of rotatable bonds is 14. The van der Waals surface area contributed by atoms with Gasteiger partial charge in [0.15, 0.2) is 0 Å². The number of benzene rings is 1. The van der Waals surface area contributed by atoms with Crippen molar-refractivity contribution in [2.24, 2.45) is 17.6 Å². The van der Waals surface area contributed by atoms with Crippen molar-refractivity contribution in [3.8, 4) is 0 Å². The minimum absolute atomic E-state index is 0.0946. The summed E-state index contributed by atoms with van der Waals surface area (Å²) in [7, 11) is 0. The van der Waals surface area contributed by atoms with Crippen molar-refractivity contribution in [2.75, 3.05) is 5.75 Å². The van der Waals surface area contributed by atoms with E-state index in [4.69, 9.17) is 5.73 Å². The molecular formula is C24H38N4O5S. The van der Waals surface area contributed by atoms with Crippen LogP contribution < -0.4 is 21.7 Å². The molecule has 1 rings (SSSR count). The molecule has 0 bridgehead atoms. The van der Waals surface area contributed by atoms with E-state index in [-0.39, 0.29) is 24.0 Å². The number of carboxylic acids is 1. The second kappa shape index (κ2) is 14.6. The van der Waals surface area contributed by atoms with Crippen LogP contribution in [0, 0.1) is 11.8 Å². The maximum Gasteiger partial charge on any atom is 0.327 e. The quantitative estimate of drug-likeness (QED) is 0.213. The maximum absolute atomic E-state index is 13.3. The van der Waals surface area contributed by atoms with Crippen molar-refractivity contribution >= 4 is 36.3 Å². The van der Waals surface area contributed by atoms with Crippen molar-refractivity contribution < 1.29 is 24.3 Å². The fraction of sp³-hybridized carbons (Fsp3) is 0.583. The van der Waals surface area contributed by atoms with Gasteiger partial charge in [-0.25, -0.2) is 4.79 Å². The lowest BCUT2D eigenvalue weighted by Crippen LogP contribution is -2.59. The molecule has 0 aliphatic carbocycles. The summed E-state index contributed by atoms with van der Waals surface area (Å²) in [6, 6.07) is 5.27. The van der Waals surface area contributed by atoms with E-state index in [1.807, 2.05) is 51.1 Å². The molecule has 0 aliphatic heterocycles. The Hall–Kier alpha value is -2.59. The zero-order valence-electron chi connectivity index (χ0n) is 20.3. The summed E-state index contributed by atoms with van der Waals surface area (Å²) in [5.74, 6) is -3.01. The van der Waals surface area contributed by atoms with Gasteiger partial charge >= 0.3 is 5.97 Å². The summed E-state index contributed by atoms with van der Waals surface area (Å²) in [6.45, 7) is 7.54. The minimum atomic E-state index is -1.22. The summed E-state index contributed by atoms with van der Waals surface area (Å²) in [5, 5.41) is 17.1. The van der Waals surface area contributed by atoms with Crippen LogP contribution >= 0.6 is 12.6 Å². The number of amides is 3. The average molecular weight is 495 g/mol. The molecule has 0 radical (unpaired) electrons. The normalized spacial score (nSPS) is 15.5. The zero-order valence-corrected chi connectivity index (χ0v) is 21.2. The number of carbonyl (C=O) groups is 4. The lowest BCUT2D eigenvalue weighted by atomic mass is 9.96. The molecule has 190 valence electrons. The first-order chi connectivity index (χ1) is 16.0. The molecule has 6 N–H and O–H groups in total. The molecule has 0 fully saturated rings. The molecule has 3 amide bonds. The summed E-state index contributed by atoms with van der Waals surface area (Å²) < 4.78 is 0. The Labute approximate surface area is 207 Å². The van der Waals surface area contributed by atoms with Gasteiger partial charge in [-0.05, 0) is 23.8 Å². The lowest BCUT2D eigenvalue weighted by Gasteiger charge is -2.28. The second-order valence-corrected chi connectivity index (χ2v) is 9.31. The first-order valence-corrected chi connectivity index (χ1v) is 12.2. The molecule has 5 unspecified atom stereocenters. The molecule has 0 heterocycles. The van der Waals surface area contributed by atoms with Gasteiger partial charge in [0.2, 0.25) is 17.7 Å². The number of carboxylic acid groups (broad SMARTS) is 1. The van der Waals surface area contributed by atoms with Crippen LogP contribution in [0.15, 0.2) is 30.3 Å². The van der Waals surface area contributed by atoms with Gasteiger partial charge in [0.1, 0.15) is 18.1 Å². The van der Waals surface area contributed by atoms with Crippen molar-refractivity contribution in [3.05, 3.63) is 35.9 Å². The standard InChI is InChI=1S/C24H38N4O5S/c1-5-15(4)20(23(31)27-19(13-34)24(32)33)28-22(30)18(12-16-9-7-6-8-10-16)26-21(29)17(25)11-14(2)3/h6-10,14-15,17-20,34H,5,11-13,25H2,1-4H3,(H,26,29)(H,27,31)(H,28,30)(H,32,33). The maximum atomic E-state index is 13.3. The van der Waals surface area contributed by atoms with Gasteiger partial charge in [0.25, 0.3) is 0 Å². The molecule has 9 nitrogen and oxygen atoms in total. The van der Waals surface area contributed by atoms with Crippen LogP contribution in [0.4, 0.5) is 0 Å². The van der Waals surface area contributed by atoms with E-state index < -0.39 is 47.9 Å². The highest BCUT2D eigenvalue weighted by Crippen LogP contribution is 2.11. The van der Waals surface area contributed by atoms with Crippen LogP contribution in [0.1, 0.15) is 46.1 Å². The van der Waals surface area contributed by atoms with Crippen LogP contribution in [-0.2, 0) is 25.6 Å². The number of hydrogen-bond acceptors (Lipinski definition) is 6. The van der Waals surface area contributed by atoms with Crippen LogP contribution in [0.3, 0.4) is 0 Å². The average Bonchev–Trinajstić information content (AvgIpc) is 2.79. The van der Waals surface area contributed by atoms with Gasteiger partial charge < -0.3 is 26.8 Å². The highest BCUT2D eigenvalue weighted by atomic mass is 32.1. The van der Waals surface area contributed by atoms with E-state index in [9.17, 15) is 24.3 Å². The zero-order chi connectivity index (χ0) is 25.8. The first kappa shape index (κ1) is 29.4. The van der Waals surface area contributed by atoms with Crippen molar-refractivity contribution in [3.63, 3.8) is 0 Å². The predicted octanol–water partition coefficient (Wildman–Crippen LogP) is 1.12. The fourth-order valence-corrected chi connectivity index (χ4v) is 3.60. The highest BCUT2D eigenvalue weighted by Gasteiger charge is 2.32. The third kappa shape index (κ3) is 9.72. The van der Waals surface area contributed by atoms with Crippen LogP contribution in [-0.4, -0.2) is 58.7 Å². The minimum Gasteiger partial charge on any atom is -0.480 e. The SMILES string of the molecule is CCC(C)C(NC(=O)C(Cc1ccccc1)NC(=O)C(N)CC(C)C)C(=O)NC(CS)C(=O)O. The van der Waals surface area contributed by atoms with Crippen molar-refractivity contribution in [1.29, 1.82) is 0 Å². The Kier molecular flexibility index (Phi) is 12.7. The van der Waals surface area contributed by atoms with Crippen molar-refractivity contribution in [1.82, 2.24) is 16.0 Å². The molecular weight excluding hydrogens is 456 g/mol. The molecule has 34 heavy (non-hydrogen) atoms. The van der Waals surface area contributed by atoms with Gasteiger partial charge in [0.05, 0.1) is 6.04 Å². The monoisotopic (exact) mass is 494 g/mol. The Bertz CT molecular complexity index is 821. The largest absolute Gasteiger partial charge is 0.480 e. The smallest absolute Gasteiger partial charge is 0.327 e. The second-order valence-electron chi connectivity index (χ2n) is 8.94. The molecule has 0 saturated heterocycles. The molecule has 1 aromatic rings.